The molecule has 21 heavy (non-hydrogen) atoms. The molecule has 0 saturated carbocycles. The highest BCUT2D eigenvalue weighted by molar-refractivity contribution is 5.15. The molecule has 1 aromatic rings. The molecule has 0 aliphatic rings. The third-order valence-corrected chi connectivity index (χ3v) is 4.27. The van der Waals surface area contributed by atoms with E-state index in [1.165, 1.54) is 76.2 Å². The molecule has 1 aromatic carbocycles. The molecule has 1 nitrogen and oxygen atoms in total. The third-order valence-electron chi connectivity index (χ3n) is 4.27. The Labute approximate surface area is 132 Å². The maximum absolute atomic E-state index is 6.21. The van der Waals surface area contributed by atoms with Gasteiger partial charge in [0.25, 0.3) is 0 Å². The molecular formula is C20H35N. The summed E-state index contributed by atoms with van der Waals surface area (Å²) >= 11 is 0. The highest BCUT2D eigenvalue weighted by atomic mass is 14.6. The molecule has 0 saturated heterocycles. The Kier molecular flexibility index (Phi) is 11.2. The fourth-order valence-corrected chi connectivity index (χ4v) is 2.91. The van der Waals surface area contributed by atoms with Crippen LogP contribution in [0.2, 0.25) is 0 Å². The molecule has 0 aromatic heterocycles. The molecule has 1 rings (SSSR count). The van der Waals surface area contributed by atoms with Crippen LogP contribution < -0.4 is 5.73 Å². The second-order valence-corrected chi connectivity index (χ2v) is 6.42. The smallest absolute Gasteiger partial charge is 0.00793 e. The number of unbranched alkanes of at least 4 members (excludes halogenated alkanes) is 9. The van der Waals surface area contributed by atoms with Gasteiger partial charge in [-0.15, -0.1) is 0 Å². The Morgan fingerprint density at radius 2 is 1.29 bits per heavy atom. The quantitative estimate of drug-likeness (QED) is 0.452. The lowest BCUT2D eigenvalue weighted by Gasteiger charge is -2.11. The Bertz CT molecular complexity index is 320. The average molecular weight is 290 g/mol. The van der Waals surface area contributed by atoms with E-state index >= 15 is 0 Å². The van der Waals surface area contributed by atoms with Gasteiger partial charge in [0.15, 0.2) is 0 Å². The maximum atomic E-state index is 6.21. The normalized spacial score (nSPS) is 12.5. The molecule has 2 N–H and O–H groups in total. The number of rotatable bonds is 13. The van der Waals surface area contributed by atoms with Crippen LogP contribution in [-0.2, 0) is 6.42 Å². The van der Waals surface area contributed by atoms with Gasteiger partial charge in [0.1, 0.15) is 0 Å². The van der Waals surface area contributed by atoms with Crippen molar-refractivity contribution in [3.05, 3.63) is 35.9 Å². The molecule has 0 fully saturated rings. The van der Waals surface area contributed by atoms with Crippen molar-refractivity contribution in [3.63, 3.8) is 0 Å². The van der Waals surface area contributed by atoms with E-state index in [2.05, 4.69) is 37.3 Å². The monoisotopic (exact) mass is 289 g/mol. The Morgan fingerprint density at radius 1 is 0.762 bits per heavy atom. The number of hydrogen-bond acceptors (Lipinski definition) is 1. The topological polar surface area (TPSA) is 26.0 Å². The van der Waals surface area contributed by atoms with E-state index in [0.29, 0.717) is 6.04 Å². The summed E-state index contributed by atoms with van der Waals surface area (Å²) in [6, 6.07) is 11.0. The van der Waals surface area contributed by atoms with Crippen LogP contribution in [0.3, 0.4) is 0 Å². The van der Waals surface area contributed by atoms with Gasteiger partial charge >= 0.3 is 0 Å². The first-order valence-corrected chi connectivity index (χ1v) is 9.12. The van der Waals surface area contributed by atoms with E-state index in [1.54, 1.807) is 0 Å². The van der Waals surface area contributed by atoms with Gasteiger partial charge in [-0.1, -0.05) is 101 Å². The van der Waals surface area contributed by atoms with E-state index in [0.717, 1.165) is 6.42 Å². The fraction of sp³-hybridized carbons (Fsp3) is 0.700. The van der Waals surface area contributed by atoms with Crippen LogP contribution >= 0.6 is 0 Å². The van der Waals surface area contributed by atoms with Gasteiger partial charge in [0.2, 0.25) is 0 Å². The third kappa shape index (κ3) is 10.5. The largest absolute Gasteiger partial charge is 0.327 e. The predicted molar refractivity (Wildman–Crippen MR) is 94.6 cm³/mol. The fourth-order valence-electron chi connectivity index (χ4n) is 2.91. The summed E-state index contributed by atoms with van der Waals surface area (Å²) in [5.41, 5.74) is 7.59. The average Bonchev–Trinajstić information content (AvgIpc) is 2.50. The Morgan fingerprint density at radius 3 is 1.86 bits per heavy atom. The molecular weight excluding hydrogens is 254 g/mol. The Balaban J connectivity index is 1.87. The van der Waals surface area contributed by atoms with E-state index < -0.39 is 0 Å². The minimum absolute atomic E-state index is 0.335. The standard InChI is InChI=1S/C20H35N/c1-2-3-4-5-6-7-8-9-10-14-17-20(21)18-19-15-12-11-13-16-19/h11-13,15-16,20H,2-10,14,17-18,21H2,1H3. The van der Waals surface area contributed by atoms with Crippen LogP contribution in [0.4, 0.5) is 0 Å². The minimum atomic E-state index is 0.335. The van der Waals surface area contributed by atoms with Gasteiger partial charge in [0.05, 0.1) is 0 Å². The van der Waals surface area contributed by atoms with Crippen molar-refractivity contribution in [2.24, 2.45) is 5.73 Å². The second kappa shape index (κ2) is 12.9. The van der Waals surface area contributed by atoms with Crippen molar-refractivity contribution < 1.29 is 0 Å². The number of hydrogen-bond donors (Lipinski definition) is 1. The van der Waals surface area contributed by atoms with Crippen LogP contribution in [0.15, 0.2) is 30.3 Å². The highest BCUT2D eigenvalue weighted by Crippen LogP contribution is 2.13. The second-order valence-electron chi connectivity index (χ2n) is 6.42. The summed E-state index contributed by atoms with van der Waals surface area (Å²) in [7, 11) is 0. The first-order valence-electron chi connectivity index (χ1n) is 9.12. The summed E-state index contributed by atoms with van der Waals surface area (Å²) in [6.07, 6.45) is 16.2. The first kappa shape index (κ1) is 18.2. The molecule has 0 heterocycles. The summed E-state index contributed by atoms with van der Waals surface area (Å²) in [6.45, 7) is 2.28. The number of nitrogens with two attached hydrogens (primary N) is 1. The first-order chi connectivity index (χ1) is 10.3. The van der Waals surface area contributed by atoms with Gasteiger partial charge in [0, 0.05) is 6.04 Å². The molecule has 0 radical (unpaired) electrons. The van der Waals surface area contributed by atoms with E-state index in [-0.39, 0.29) is 0 Å². The van der Waals surface area contributed by atoms with Crippen molar-refractivity contribution in [3.8, 4) is 0 Å². The van der Waals surface area contributed by atoms with Gasteiger partial charge in [-0.05, 0) is 18.4 Å². The molecule has 0 bridgehead atoms. The van der Waals surface area contributed by atoms with Crippen molar-refractivity contribution in [1.82, 2.24) is 0 Å². The van der Waals surface area contributed by atoms with E-state index in [4.69, 9.17) is 5.73 Å². The molecule has 0 amide bonds. The zero-order chi connectivity index (χ0) is 15.2. The molecule has 0 aliphatic heterocycles. The zero-order valence-electron chi connectivity index (χ0n) is 14.0. The van der Waals surface area contributed by atoms with Crippen molar-refractivity contribution >= 4 is 0 Å². The maximum Gasteiger partial charge on any atom is 0.00793 e. The zero-order valence-corrected chi connectivity index (χ0v) is 14.0. The van der Waals surface area contributed by atoms with Crippen molar-refractivity contribution in [2.45, 2.75) is 90.0 Å². The highest BCUT2D eigenvalue weighted by Gasteiger charge is 2.03. The van der Waals surface area contributed by atoms with Crippen LogP contribution in [-0.4, -0.2) is 6.04 Å². The summed E-state index contributed by atoms with van der Waals surface area (Å²) in [5.74, 6) is 0. The van der Waals surface area contributed by atoms with Gasteiger partial charge in [-0.2, -0.15) is 0 Å². The van der Waals surface area contributed by atoms with Gasteiger partial charge in [-0.3, -0.25) is 0 Å². The summed E-state index contributed by atoms with van der Waals surface area (Å²) in [4.78, 5) is 0. The molecule has 1 unspecified atom stereocenters. The van der Waals surface area contributed by atoms with Crippen LogP contribution in [0.1, 0.15) is 83.1 Å². The van der Waals surface area contributed by atoms with E-state index in [9.17, 15) is 0 Å². The SMILES string of the molecule is CCCCCCCCCCCCC(N)Cc1ccccc1. The molecule has 0 spiro atoms. The van der Waals surface area contributed by atoms with Crippen molar-refractivity contribution in [1.29, 1.82) is 0 Å². The summed E-state index contributed by atoms with van der Waals surface area (Å²) < 4.78 is 0. The predicted octanol–water partition coefficient (Wildman–Crippen LogP) is 5.87. The Hall–Kier alpha value is -0.820. The van der Waals surface area contributed by atoms with E-state index in [1.807, 2.05) is 0 Å². The van der Waals surface area contributed by atoms with Gasteiger partial charge in [-0.25, -0.2) is 0 Å². The van der Waals surface area contributed by atoms with Crippen molar-refractivity contribution in [2.75, 3.05) is 0 Å². The lowest BCUT2D eigenvalue weighted by atomic mass is 10.00. The summed E-state index contributed by atoms with van der Waals surface area (Å²) in [5, 5.41) is 0. The molecule has 1 atom stereocenters. The van der Waals surface area contributed by atoms with Crippen LogP contribution in [0.5, 0.6) is 0 Å². The molecule has 1 heteroatoms. The lowest BCUT2D eigenvalue weighted by Crippen LogP contribution is -2.22. The molecule has 0 aliphatic carbocycles. The lowest BCUT2D eigenvalue weighted by molar-refractivity contribution is 0.520. The van der Waals surface area contributed by atoms with Crippen LogP contribution in [0, 0.1) is 0 Å². The minimum Gasteiger partial charge on any atom is -0.327 e. The number of benzene rings is 1. The van der Waals surface area contributed by atoms with Crippen LogP contribution in [0.25, 0.3) is 0 Å². The molecule has 120 valence electrons. The van der Waals surface area contributed by atoms with Gasteiger partial charge < -0.3 is 5.73 Å².